The second kappa shape index (κ2) is 4.60. The van der Waals surface area contributed by atoms with Crippen molar-refractivity contribution in [1.29, 1.82) is 0 Å². The van der Waals surface area contributed by atoms with E-state index in [-0.39, 0.29) is 0 Å². The minimum absolute atomic E-state index is 1.05. The van der Waals surface area contributed by atoms with Gasteiger partial charge in [0.25, 0.3) is 0 Å². The van der Waals surface area contributed by atoms with Crippen molar-refractivity contribution in [1.82, 2.24) is 4.40 Å². The third kappa shape index (κ3) is 1.93. The fraction of sp³-hybridized carbons (Fsp3) is 0.0909. The molecule has 0 unspecified atom stereocenters. The van der Waals surface area contributed by atoms with E-state index in [2.05, 4.69) is 84.4 Å². The number of benzene rings is 2. The topological polar surface area (TPSA) is 4.41 Å². The molecule has 0 aliphatic heterocycles. The summed E-state index contributed by atoms with van der Waals surface area (Å²) in [5.41, 5.74) is 10.8. The summed E-state index contributed by atoms with van der Waals surface area (Å²) in [5, 5.41) is 0. The Hall–Kier alpha value is -2.80. The number of aromatic nitrogens is 1. The van der Waals surface area contributed by atoms with E-state index in [1.165, 1.54) is 44.5 Å². The van der Waals surface area contributed by atoms with Crippen LogP contribution in [0.5, 0.6) is 0 Å². The minimum atomic E-state index is 1.05. The molecule has 0 fully saturated rings. The quantitative estimate of drug-likeness (QED) is 0.385. The average Bonchev–Trinajstić information content (AvgIpc) is 3.14. The molecule has 1 heteroatoms. The molecule has 5 rings (SSSR count). The van der Waals surface area contributed by atoms with Gasteiger partial charge in [-0.25, -0.2) is 0 Å². The molecule has 1 aliphatic carbocycles. The van der Waals surface area contributed by atoms with Crippen LogP contribution in [0.3, 0.4) is 0 Å². The van der Waals surface area contributed by atoms with Crippen LogP contribution in [0.25, 0.3) is 27.8 Å². The Morgan fingerprint density at radius 1 is 0.783 bits per heavy atom. The first-order valence-corrected chi connectivity index (χ1v) is 8.08. The number of hydrogen-bond donors (Lipinski definition) is 0. The number of fused-ring (bicyclic) bond motifs is 4. The van der Waals surface area contributed by atoms with E-state index in [1.54, 1.807) is 0 Å². The molecule has 0 N–H and O–H groups in total. The molecule has 2 aromatic heterocycles. The summed E-state index contributed by atoms with van der Waals surface area (Å²) >= 11 is 0. The second-order valence-corrected chi connectivity index (χ2v) is 6.47. The lowest BCUT2D eigenvalue weighted by Gasteiger charge is -2.03. The Balaban J connectivity index is 1.63. The predicted octanol–water partition coefficient (Wildman–Crippen LogP) is 5.49. The SMILES string of the molecule is Cc1ccn2cc(-c3ccc4c(c3)Cc3ccccc3-4)cc2c1. The Morgan fingerprint density at radius 3 is 2.61 bits per heavy atom. The van der Waals surface area contributed by atoms with E-state index in [4.69, 9.17) is 0 Å². The van der Waals surface area contributed by atoms with Gasteiger partial charge in [0.05, 0.1) is 0 Å². The lowest BCUT2D eigenvalue weighted by atomic mass is 10.0. The highest BCUT2D eigenvalue weighted by molar-refractivity contribution is 5.81. The lowest BCUT2D eigenvalue weighted by Crippen LogP contribution is -1.82. The van der Waals surface area contributed by atoms with Crippen molar-refractivity contribution >= 4 is 5.52 Å². The van der Waals surface area contributed by atoms with E-state index >= 15 is 0 Å². The standard InChI is InChI=1S/C22H17N/c1-15-8-9-23-14-19(13-20(23)10-15)16-6-7-22-18(11-16)12-17-4-2-3-5-21(17)22/h2-11,13-14H,12H2,1H3. The van der Waals surface area contributed by atoms with Gasteiger partial charge >= 0.3 is 0 Å². The van der Waals surface area contributed by atoms with Crippen LogP contribution in [0.1, 0.15) is 16.7 Å². The predicted molar refractivity (Wildman–Crippen MR) is 95.8 cm³/mol. The van der Waals surface area contributed by atoms with E-state index in [9.17, 15) is 0 Å². The molecule has 0 bridgehead atoms. The van der Waals surface area contributed by atoms with E-state index in [0.717, 1.165) is 6.42 Å². The molecule has 4 aromatic rings. The molecule has 0 saturated carbocycles. The maximum absolute atomic E-state index is 2.36. The van der Waals surface area contributed by atoms with Gasteiger partial charge in [0.15, 0.2) is 0 Å². The highest BCUT2D eigenvalue weighted by atomic mass is 14.8. The van der Waals surface area contributed by atoms with Crippen LogP contribution in [0.4, 0.5) is 0 Å². The summed E-state index contributed by atoms with van der Waals surface area (Å²) in [6.45, 7) is 2.14. The molecular formula is C22H17N. The minimum Gasteiger partial charge on any atom is -0.323 e. The molecule has 0 amide bonds. The largest absolute Gasteiger partial charge is 0.323 e. The monoisotopic (exact) mass is 295 g/mol. The van der Waals surface area contributed by atoms with Crippen LogP contribution in [0.2, 0.25) is 0 Å². The van der Waals surface area contributed by atoms with Crippen molar-refractivity contribution in [3.8, 4) is 22.3 Å². The second-order valence-electron chi connectivity index (χ2n) is 6.47. The van der Waals surface area contributed by atoms with Crippen LogP contribution < -0.4 is 0 Å². The van der Waals surface area contributed by atoms with Crippen molar-refractivity contribution in [2.24, 2.45) is 0 Å². The lowest BCUT2D eigenvalue weighted by molar-refractivity contribution is 1.18. The van der Waals surface area contributed by atoms with Crippen LogP contribution in [-0.2, 0) is 6.42 Å². The van der Waals surface area contributed by atoms with Crippen molar-refractivity contribution in [2.45, 2.75) is 13.3 Å². The van der Waals surface area contributed by atoms with Gasteiger partial charge in [-0.1, -0.05) is 42.5 Å². The van der Waals surface area contributed by atoms with Gasteiger partial charge in [-0.15, -0.1) is 0 Å². The first-order chi connectivity index (χ1) is 11.3. The number of aryl methyl sites for hydroxylation is 1. The van der Waals surface area contributed by atoms with Crippen LogP contribution in [0.15, 0.2) is 73.1 Å². The molecule has 1 aliphatic rings. The van der Waals surface area contributed by atoms with Gasteiger partial charge in [0.2, 0.25) is 0 Å². The zero-order valence-corrected chi connectivity index (χ0v) is 13.1. The summed E-state index contributed by atoms with van der Waals surface area (Å²) in [5.74, 6) is 0. The number of nitrogens with zero attached hydrogens (tertiary/aromatic N) is 1. The summed E-state index contributed by atoms with van der Waals surface area (Å²) in [4.78, 5) is 0. The molecule has 0 atom stereocenters. The molecule has 2 aromatic carbocycles. The Bertz CT molecular complexity index is 1050. The highest BCUT2D eigenvalue weighted by Gasteiger charge is 2.18. The van der Waals surface area contributed by atoms with Gasteiger partial charge in [-0.2, -0.15) is 0 Å². The van der Waals surface area contributed by atoms with Crippen molar-refractivity contribution in [3.05, 3.63) is 89.7 Å². The summed E-state index contributed by atoms with van der Waals surface area (Å²) < 4.78 is 2.20. The summed E-state index contributed by atoms with van der Waals surface area (Å²) in [7, 11) is 0. The average molecular weight is 295 g/mol. The van der Waals surface area contributed by atoms with Crippen LogP contribution in [0, 0.1) is 6.92 Å². The van der Waals surface area contributed by atoms with E-state index in [0.29, 0.717) is 0 Å². The Labute approximate surface area is 135 Å². The normalized spacial score (nSPS) is 12.4. The molecule has 110 valence electrons. The number of rotatable bonds is 1. The fourth-order valence-electron chi connectivity index (χ4n) is 3.70. The highest BCUT2D eigenvalue weighted by Crippen LogP contribution is 2.38. The maximum Gasteiger partial charge on any atom is 0.0458 e. The molecule has 1 nitrogen and oxygen atoms in total. The van der Waals surface area contributed by atoms with Crippen LogP contribution in [-0.4, -0.2) is 4.40 Å². The molecule has 23 heavy (non-hydrogen) atoms. The summed E-state index contributed by atoms with van der Waals surface area (Å²) in [6, 6.07) is 22.3. The number of pyridine rings is 1. The Kier molecular flexibility index (Phi) is 2.54. The van der Waals surface area contributed by atoms with Crippen molar-refractivity contribution < 1.29 is 0 Å². The maximum atomic E-state index is 2.36. The zero-order chi connectivity index (χ0) is 15.4. The third-order valence-electron chi connectivity index (χ3n) is 4.88. The first-order valence-electron chi connectivity index (χ1n) is 8.08. The molecule has 2 heterocycles. The Morgan fingerprint density at radius 2 is 1.65 bits per heavy atom. The zero-order valence-electron chi connectivity index (χ0n) is 13.1. The van der Waals surface area contributed by atoms with E-state index < -0.39 is 0 Å². The fourth-order valence-corrected chi connectivity index (χ4v) is 3.70. The first kappa shape index (κ1) is 12.7. The van der Waals surface area contributed by atoms with Crippen LogP contribution >= 0.6 is 0 Å². The van der Waals surface area contributed by atoms with Gasteiger partial charge in [0.1, 0.15) is 0 Å². The number of hydrogen-bond acceptors (Lipinski definition) is 0. The van der Waals surface area contributed by atoms with Crippen molar-refractivity contribution in [3.63, 3.8) is 0 Å². The van der Waals surface area contributed by atoms with Gasteiger partial charge in [-0.05, 0) is 64.9 Å². The smallest absolute Gasteiger partial charge is 0.0458 e. The van der Waals surface area contributed by atoms with Gasteiger partial charge in [0, 0.05) is 23.5 Å². The summed E-state index contributed by atoms with van der Waals surface area (Å²) in [6.07, 6.45) is 5.40. The third-order valence-corrected chi connectivity index (χ3v) is 4.88. The molecule has 0 spiro atoms. The molecule has 0 radical (unpaired) electrons. The molecule has 0 saturated heterocycles. The molecular weight excluding hydrogens is 278 g/mol. The van der Waals surface area contributed by atoms with Crippen molar-refractivity contribution in [2.75, 3.05) is 0 Å². The van der Waals surface area contributed by atoms with Gasteiger partial charge in [-0.3, -0.25) is 0 Å². The van der Waals surface area contributed by atoms with Gasteiger partial charge < -0.3 is 4.40 Å². The van der Waals surface area contributed by atoms with E-state index in [1.807, 2.05) is 0 Å².